The summed E-state index contributed by atoms with van der Waals surface area (Å²) in [6, 6.07) is 0. The van der Waals surface area contributed by atoms with E-state index in [4.69, 9.17) is 9.47 Å². The van der Waals surface area contributed by atoms with Gasteiger partial charge in [0, 0.05) is 13.2 Å². The predicted molar refractivity (Wildman–Crippen MR) is 83.4 cm³/mol. The van der Waals surface area contributed by atoms with Crippen LogP contribution in [0.4, 0.5) is 0 Å². The van der Waals surface area contributed by atoms with Gasteiger partial charge in [0.2, 0.25) is 0 Å². The zero-order valence-electron chi connectivity index (χ0n) is 13.7. The molecule has 1 atom stereocenters. The largest absolute Gasteiger partial charge is 0.353 e. The third-order valence-corrected chi connectivity index (χ3v) is 3.38. The highest BCUT2D eigenvalue weighted by molar-refractivity contribution is 4.48. The van der Waals surface area contributed by atoms with Gasteiger partial charge in [-0.3, -0.25) is 0 Å². The molecule has 0 saturated heterocycles. The summed E-state index contributed by atoms with van der Waals surface area (Å²) in [6.07, 6.45) is 11.5. The van der Waals surface area contributed by atoms with Gasteiger partial charge in [0.15, 0.2) is 6.29 Å². The minimum Gasteiger partial charge on any atom is -0.353 e. The topological polar surface area (TPSA) is 18.5 Å². The monoisotopic (exact) mass is 272 g/mol. The number of hydrogen-bond donors (Lipinski definition) is 0. The Morgan fingerprint density at radius 3 is 1.74 bits per heavy atom. The predicted octanol–water partition coefficient (Wildman–Crippen LogP) is 5.55. The van der Waals surface area contributed by atoms with Crippen molar-refractivity contribution >= 4 is 0 Å². The van der Waals surface area contributed by atoms with Crippen molar-refractivity contribution in [2.45, 2.75) is 91.8 Å². The smallest absolute Gasteiger partial charge is 0.154 e. The van der Waals surface area contributed by atoms with Gasteiger partial charge in [-0.1, -0.05) is 65.7 Å². The Hall–Kier alpha value is -0.0800. The lowest BCUT2D eigenvalue weighted by Gasteiger charge is -2.14. The van der Waals surface area contributed by atoms with E-state index in [1.807, 2.05) is 6.92 Å². The molecule has 1 unspecified atom stereocenters. The highest BCUT2D eigenvalue weighted by Crippen LogP contribution is 2.10. The van der Waals surface area contributed by atoms with Crippen molar-refractivity contribution < 1.29 is 9.47 Å². The van der Waals surface area contributed by atoms with Crippen molar-refractivity contribution in [3.63, 3.8) is 0 Å². The highest BCUT2D eigenvalue weighted by atomic mass is 16.7. The van der Waals surface area contributed by atoms with Crippen LogP contribution in [-0.2, 0) is 9.47 Å². The Bertz CT molecular complexity index is 169. The summed E-state index contributed by atoms with van der Waals surface area (Å²) in [5.74, 6) is 0.845. The average molecular weight is 272 g/mol. The second-order valence-corrected chi connectivity index (χ2v) is 5.97. The summed E-state index contributed by atoms with van der Waals surface area (Å²) in [4.78, 5) is 0. The second kappa shape index (κ2) is 14.3. The Morgan fingerprint density at radius 2 is 1.21 bits per heavy atom. The summed E-state index contributed by atoms with van der Waals surface area (Å²) in [6.45, 7) is 10.5. The van der Waals surface area contributed by atoms with Crippen molar-refractivity contribution in [2.24, 2.45) is 5.92 Å². The van der Waals surface area contributed by atoms with E-state index in [0.717, 1.165) is 25.6 Å². The van der Waals surface area contributed by atoms with E-state index in [0.29, 0.717) is 0 Å². The molecule has 0 N–H and O–H groups in total. The molecule has 0 rings (SSSR count). The SMILES string of the molecule is CCCCCCOC(C)OCCCCCCC(C)C. The van der Waals surface area contributed by atoms with Gasteiger partial charge in [-0.25, -0.2) is 0 Å². The fourth-order valence-electron chi connectivity index (χ4n) is 2.08. The Morgan fingerprint density at radius 1 is 0.684 bits per heavy atom. The molecule has 116 valence electrons. The average Bonchev–Trinajstić information content (AvgIpc) is 2.37. The maximum absolute atomic E-state index is 5.65. The van der Waals surface area contributed by atoms with E-state index >= 15 is 0 Å². The molecule has 0 aliphatic rings. The Balaban J connectivity index is 3.13. The first kappa shape index (κ1) is 18.9. The molecule has 0 fully saturated rings. The number of ether oxygens (including phenoxy) is 2. The van der Waals surface area contributed by atoms with Crippen molar-refractivity contribution in [1.29, 1.82) is 0 Å². The van der Waals surface area contributed by atoms with Gasteiger partial charge in [0.1, 0.15) is 0 Å². The molecule has 0 bridgehead atoms. The van der Waals surface area contributed by atoms with E-state index < -0.39 is 0 Å². The van der Waals surface area contributed by atoms with Crippen LogP contribution in [-0.4, -0.2) is 19.5 Å². The molecule has 0 aromatic heterocycles. The van der Waals surface area contributed by atoms with E-state index in [-0.39, 0.29) is 6.29 Å². The minimum absolute atomic E-state index is 0.0303. The lowest BCUT2D eigenvalue weighted by molar-refractivity contribution is -0.131. The highest BCUT2D eigenvalue weighted by Gasteiger charge is 2.01. The zero-order chi connectivity index (χ0) is 14.3. The fourth-order valence-corrected chi connectivity index (χ4v) is 2.08. The van der Waals surface area contributed by atoms with Crippen molar-refractivity contribution in [3.05, 3.63) is 0 Å². The fraction of sp³-hybridized carbons (Fsp3) is 1.00. The summed E-state index contributed by atoms with van der Waals surface area (Å²) >= 11 is 0. The molecular weight excluding hydrogens is 236 g/mol. The molecule has 0 aliphatic carbocycles. The van der Waals surface area contributed by atoms with E-state index in [2.05, 4.69) is 20.8 Å². The molecule has 0 saturated carbocycles. The number of hydrogen-bond acceptors (Lipinski definition) is 2. The van der Waals surface area contributed by atoms with Gasteiger partial charge in [-0.15, -0.1) is 0 Å². The van der Waals surface area contributed by atoms with Gasteiger partial charge >= 0.3 is 0 Å². The second-order valence-electron chi connectivity index (χ2n) is 5.97. The molecule has 0 aliphatic heterocycles. The van der Waals surface area contributed by atoms with Crippen LogP contribution in [0.2, 0.25) is 0 Å². The third-order valence-electron chi connectivity index (χ3n) is 3.38. The van der Waals surface area contributed by atoms with Crippen LogP contribution in [0.25, 0.3) is 0 Å². The van der Waals surface area contributed by atoms with Crippen LogP contribution in [0.5, 0.6) is 0 Å². The van der Waals surface area contributed by atoms with E-state index in [9.17, 15) is 0 Å². The molecule has 0 heterocycles. The van der Waals surface area contributed by atoms with Gasteiger partial charge in [-0.2, -0.15) is 0 Å². The molecular formula is C17H36O2. The first-order chi connectivity index (χ1) is 9.16. The van der Waals surface area contributed by atoms with Crippen LogP contribution in [0.15, 0.2) is 0 Å². The molecule has 0 radical (unpaired) electrons. The van der Waals surface area contributed by atoms with Crippen LogP contribution >= 0.6 is 0 Å². The van der Waals surface area contributed by atoms with E-state index in [1.54, 1.807) is 0 Å². The van der Waals surface area contributed by atoms with Gasteiger partial charge in [-0.05, 0) is 25.7 Å². The number of unbranched alkanes of at least 4 members (excludes halogenated alkanes) is 6. The van der Waals surface area contributed by atoms with Gasteiger partial charge < -0.3 is 9.47 Å². The standard InChI is InChI=1S/C17H36O2/c1-5-6-7-11-14-18-17(4)19-15-12-9-8-10-13-16(2)3/h16-17H,5-15H2,1-4H3. The first-order valence-electron chi connectivity index (χ1n) is 8.40. The first-order valence-corrected chi connectivity index (χ1v) is 8.40. The third kappa shape index (κ3) is 15.9. The summed E-state index contributed by atoms with van der Waals surface area (Å²) < 4.78 is 11.3. The van der Waals surface area contributed by atoms with Crippen LogP contribution in [0, 0.1) is 5.92 Å². The van der Waals surface area contributed by atoms with Crippen LogP contribution in [0.1, 0.15) is 85.5 Å². The van der Waals surface area contributed by atoms with Crippen LogP contribution in [0.3, 0.4) is 0 Å². The minimum atomic E-state index is -0.0303. The molecule has 0 spiro atoms. The van der Waals surface area contributed by atoms with Crippen molar-refractivity contribution in [1.82, 2.24) is 0 Å². The number of rotatable bonds is 14. The van der Waals surface area contributed by atoms with Crippen LogP contribution < -0.4 is 0 Å². The van der Waals surface area contributed by atoms with Crippen molar-refractivity contribution in [2.75, 3.05) is 13.2 Å². The Labute approximate surface area is 121 Å². The lowest BCUT2D eigenvalue weighted by Crippen LogP contribution is -2.14. The maximum Gasteiger partial charge on any atom is 0.154 e. The van der Waals surface area contributed by atoms with Gasteiger partial charge in [0.05, 0.1) is 0 Å². The Kier molecular flexibility index (Phi) is 14.3. The molecule has 19 heavy (non-hydrogen) atoms. The van der Waals surface area contributed by atoms with Gasteiger partial charge in [0.25, 0.3) is 0 Å². The summed E-state index contributed by atoms with van der Waals surface area (Å²) in [5.41, 5.74) is 0. The normalized spacial score (nSPS) is 13.1. The van der Waals surface area contributed by atoms with Crippen molar-refractivity contribution in [3.8, 4) is 0 Å². The van der Waals surface area contributed by atoms with E-state index in [1.165, 1.54) is 51.4 Å². The summed E-state index contributed by atoms with van der Waals surface area (Å²) in [5, 5.41) is 0. The maximum atomic E-state index is 5.65. The molecule has 0 amide bonds. The quantitative estimate of drug-likeness (QED) is 0.305. The zero-order valence-corrected chi connectivity index (χ0v) is 13.7. The molecule has 2 nitrogen and oxygen atoms in total. The molecule has 0 aromatic carbocycles. The molecule has 0 aromatic rings. The summed E-state index contributed by atoms with van der Waals surface area (Å²) in [7, 11) is 0. The molecule has 2 heteroatoms. The lowest BCUT2D eigenvalue weighted by atomic mass is 10.0.